The molecule has 1 aliphatic rings. The monoisotopic (exact) mass is 330 g/mol. The van der Waals surface area contributed by atoms with Crippen LogP contribution in [0.1, 0.15) is 5.56 Å². The van der Waals surface area contributed by atoms with Gasteiger partial charge >= 0.3 is 5.97 Å². The standard InChI is InChI=1S/C16H14N2O4S/c1-17-8-10(11-5-3-4-6-12(11)17)7-13-15(20)18(16(21)23-13)9-14(19)22-2/h3-8H,9H2,1-2H3/b13-7-. The number of methoxy groups -OCH3 is 1. The van der Waals surface area contributed by atoms with Gasteiger partial charge in [0.05, 0.1) is 12.0 Å². The number of carbonyl (C=O) groups is 3. The Morgan fingerprint density at radius 2 is 2.04 bits per heavy atom. The van der Waals surface area contributed by atoms with Crippen molar-refractivity contribution in [2.24, 2.45) is 7.05 Å². The molecular formula is C16H14N2O4S. The van der Waals surface area contributed by atoms with E-state index < -0.39 is 17.1 Å². The number of aryl methyl sites for hydroxylation is 1. The van der Waals surface area contributed by atoms with Gasteiger partial charge in [-0.3, -0.25) is 19.3 Å². The third kappa shape index (κ3) is 2.75. The molecule has 23 heavy (non-hydrogen) atoms. The lowest BCUT2D eigenvalue weighted by atomic mass is 10.1. The number of benzene rings is 1. The second kappa shape index (κ2) is 5.92. The third-order valence-electron chi connectivity index (χ3n) is 3.60. The van der Waals surface area contributed by atoms with Gasteiger partial charge in [-0.25, -0.2) is 0 Å². The van der Waals surface area contributed by atoms with E-state index in [9.17, 15) is 14.4 Å². The maximum Gasteiger partial charge on any atom is 0.325 e. The Balaban J connectivity index is 1.95. The van der Waals surface area contributed by atoms with Crippen molar-refractivity contribution < 1.29 is 19.1 Å². The minimum absolute atomic E-state index is 0.301. The summed E-state index contributed by atoms with van der Waals surface area (Å²) in [6.45, 7) is -0.367. The van der Waals surface area contributed by atoms with E-state index in [0.29, 0.717) is 4.91 Å². The fraction of sp³-hybridized carbons (Fsp3) is 0.188. The average molecular weight is 330 g/mol. The molecule has 7 heteroatoms. The Kier molecular flexibility index (Phi) is 3.96. The molecule has 0 aliphatic carbocycles. The maximum atomic E-state index is 12.3. The van der Waals surface area contributed by atoms with Gasteiger partial charge in [-0.15, -0.1) is 0 Å². The summed E-state index contributed by atoms with van der Waals surface area (Å²) >= 11 is 0.828. The number of aromatic nitrogens is 1. The van der Waals surface area contributed by atoms with Gasteiger partial charge in [-0.05, 0) is 23.9 Å². The normalized spacial score (nSPS) is 16.6. The minimum atomic E-state index is -0.626. The highest BCUT2D eigenvalue weighted by Crippen LogP contribution is 2.33. The van der Waals surface area contributed by atoms with Crippen LogP contribution < -0.4 is 0 Å². The molecule has 0 unspecified atom stereocenters. The number of imide groups is 1. The second-order valence-electron chi connectivity index (χ2n) is 5.06. The van der Waals surface area contributed by atoms with Gasteiger partial charge in [0.1, 0.15) is 6.54 Å². The van der Waals surface area contributed by atoms with Crippen molar-refractivity contribution in [3.63, 3.8) is 0 Å². The Hall–Kier alpha value is -2.54. The number of ether oxygens (including phenoxy) is 1. The van der Waals surface area contributed by atoms with Gasteiger partial charge in [0.15, 0.2) is 0 Å². The number of nitrogens with zero attached hydrogens (tertiary/aromatic N) is 2. The highest BCUT2D eigenvalue weighted by atomic mass is 32.2. The first-order chi connectivity index (χ1) is 11.0. The SMILES string of the molecule is COC(=O)CN1C(=O)S/C(=C\c2cn(C)c3ccccc23)C1=O. The lowest BCUT2D eigenvalue weighted by Crippen LogP contribution is -2.34. The van der Waals surface area contributed by atoms with E-state index >= 15 is 0 Å². The lowest BCUT2D eigenvalue weighted by molar-refractivity contribution is -0.143. The molecule has 0 atom stereocenters. The number of para-hydroxylation sites is 1. The third-order valence-corrected chi connectivity index (χ3v) is 4.51. The van der Waals surface area contributed by atoms with E-state index in [1.54, 1.807) is 6.08 Å². The highest BCUT2D eigenvalue weighted by Gasteiger charge is 2.36. The number of thioether (sulfide) groups is 1. The molecule has 3 rings (SSSR count). The summed E-state index contributed by atoms with van der Waals surface area (Å²) in [7, 11) is 3.13. The van der Waals surface area contributed by atoms with Crippen LogP contribution in [0.15, 0.2) is 35.4 Å². The molecule has 0 saturated carbocycles. The summed E-state index contributed by atoms with van der Waals surface area (Å²) in [5, 5.41) is 0.529. The summed E-state index contributed by atoms with van der Waals surface area (Å²) in [6.07, 6.45) is 3.59. The van der Waals surface area contributed by atoms with Crippen LogP contribution >= 0.6 is 11.8 Å². The Bertz CT molecular complexity index is 853. The van der Waals surface area contributed by atoms with Crippen molar-refractivity contribution in [2.45, 2.75) is 0 Å². The van der Waals surface area contributed by atoms with Crippen LogP contribution in [0.3, 0.4) is 0 Å². The molecule has 1 aromatic heterocycles. The van der Waals surface area contributed by atoms with E-state index in [2.05, 4.69) is 4.74 Å². The van der Waals surface area contributed by atoms with Gasteiger partial charge in [0.25, 0.3) is 11.1 Å². The van der Waals surface area contributed by atoms with Gasteiger partial charge < -0.3 is 9.30 Å². The summed E-state index contributed by atoms with van der Waals surface area (Å²) in [4.78, 5) is 36.7. The zero-order valence-electron chi connectivity index (χ0n) is 12.6. The van der Waals surface area contributed by atoms with Crippen LogP contribution in [0.4, 0.5) is 4.79 Å². The molecule has 1 aliphatic heterocycles. The van der Waals surface area contributed by atoms with Gasteiger partial charge in [0.2, 0.25) is 0 Å². The topological polar surface area (TPSA) is 68.6 Å². The van der Waals surface area contributed by atoms with Crippen molar-refractivity contribution in [3.8, 4) is 0 Å². The predicted molar refractivity (Wildman–Crippen MR) is 87.6 cm³/mol. The van der Waals surface area contributed by atoms with E-state index in [1.165, 1.54) is 7.11 Å². The van der Waals surface area contributed by atoms with Gasteiger partial charge in [-0.1, -0.05) is 18.2 Å². The molecule has 2 amide bonds. The molecule has 6 nitrogen and oxygen atoms in total. The van der Waals surface area contributed by atoms with E-state index in [0.717, 1.165) is 33.1 Å². The summed E-state index contributed by atoms with van der Waals surface area (Å²) in [5.74, 6) is -1.10. The lowest BCUT2D eigenvalue weighted by Gasteiger charge is -2.09. The molecule has 0 N–H and O–H groups in total. The smallest absolute Gasteiger partial charge is 0.325 e. The number of rotatable bonds is 3. The zero-order valence-corrected chi connectivity index (χ0v) is 13.4. The summed E-state index contributed by atoms with van der Waals surface area (Å²) < 4.78 is 6.46. The van der Waals surface area contributed by atoms with Crippen molar-refractivity contribution in [1.82, 2.24) is 9.47 Å². The average Bonchev–Trinajstić information content (AvgIpc) is 3.00. The Labute approximate surface area is 136 Å². The van der Waals surface area contributed by atoms with Crippen molar-refractivity contribution in [3.05, 3.63) is 40.9 Å². The van der Waals surface area contributed by atoms with Crippen LogP contribution in [-0.2, 0) is 21.4 Å². The van der Waals surface area contributed by atoms with E-state index in [-0.39, 0.29) is 6.54 Å². The number of amides is 2. The molecule has 0 spiro atoms. The molecule has 2 aromatic rings. The fourth-order valence-corrected chi connectivity index (χ4v) is 3.29. The van der Waals surface area contributed by atoms with Crippen LogP contribution in [0, 0.1) is 0 Å². The molecule has 0 bridgehead atoms. The number of carbonyl (C=O) groups excluding carboxylic acids is 3. The number of fused-ring (bicyclic) bond motifs is 1. The van der Waals surface area contributed by atoms with E-state index in [4.69, 9.17) is 0 Å². The van der Waals surface area contributed by atoms with Crippen molar-refractivity contribution >= 4 is 45.9 Å². The van der Waals surface area contributed by atoms with Gasteiger partial charge in [0, 0.05) is 29.7 Å². The van der Waals surface area contributed by atoms with Crippen LogP contribution in [0.5, 0.6) is 0 Å². The summed E-state index contributed by atoms with van der Waals surface area (Å²) in [5.41, 5.74) is 1.89. The molecule has 1 aromatic carbocycles. The number of esters is 1. The van der Waals surface area contributed by atoms with Gasteiger partial charge in [-0.2, -0.15) is 0 Å². The highest BCUT2D eigenvalue weighted by molar-refractivity contribution is 8.18. The zero-order chi connectivity index (χ0) is 16.6. The first-order valence-corrected chi connectivity index (χ1v) is 7.69. The van der Waals surface area contributed by atoms with Crippen molar-refractivity contribution in [1.29, 1.82) is 0 Å². The first kappa shape index (κ1) is 15.4. The molecule has 0 radical (unpaired) electrons. The largest absolute Gasteiger partial charge is 0.468 e. The quantitative estimate of drug-likeness (QED) is 0.638. The van der Waals surface area contributed by atoms with Crippen LogP contribution in [0.2, 0.25) is 0 Å². The molecular weight excluding hydrogens is 316 g/mol. The van der Waals surface area contributed by atoms with Crippen molar-refractivity contribution in [2.75, 3.05) is 13.7 Å². The first-order valence-electron chi connectivity index (χ1n) is 6.87. The number of hydrogen-bond donors (Lipinski definition) is 0. The predicted octanol–water partition coefficient (Wildman–Crippen LogP) is 2.39. The van der Waals surface area contributed by atoms with Crippen LogP contribution in [-0.4, -0.2) is 40.2 Å². The van der Waals surface area contributed by atoms with E-state index in [1.807, 2.05) is 42.1 Å². The van der Waals surface area contributed by atoms with Crippen LogP contribution in [0.25, 0.3) is 17.0 Å². The molecule has 1 fully saturated rings. The molecule has 1 saturated heterocycles. The number of hydrogen-bond acceptors (Lipinski definition) is 5. The maximum absolute atomic E-state index is 12.3. The minimum Gasteiger partial charge on any atom is -0.468 e. The second-order valence-corrected chi connectivity index (χ2v) is 6.05. The fourth-order valence-electron chi connectivity index (χ4n) is 2.46. The Morgan fingerprint density at radius 3 is 2.78 bits per heavy atom. The molecule has 2 heterocycles. The summed E-state index contributed by atoms with van der Waals surface area (Å²) in [6, 6.07) is 7.80. The molecule has 118 valence electrons. The Morgan fingerprint density at radius 1 is 1.30 bits per heavy atom.